The number of pyridine rings is 1. The van der Waals surface area contributed by atoms with Gasteiger partial charge in [0, 0.05) is 25.8 Å². The van der Waals surface area contributed by atoms with Gasteiger partial charge in [0.05, 0.1) is 11.1 Å². The zero-order valence-electron chi connectivity index (χ0n) is 14.2. The summed E-state index contributed by atoms with van der Waals surface area (Å²) in [4.78, 5) is 18.7. The molecular weight excluding hydrogens is 343 g/mol. The molecular formula is C19H20F3N3O. The summed E-state index contributed by atoms with van der Waals surface area (Å²) in [6.07, 6.45) is -1.07. The molecule has 138 valence electrons. The van der Waals surface area contributed by atoms with Gasteiger partial charge in [0.15, 0.2) is 0 Å². The molecule has 0 atom stereocenters. The van der Waals surface area contributed by atoms with Gasteiger partial charge in [-0.15, -0.1) is 0 Å². The van der Waals surface area contributed by atoms with E-state index in [1.807, 2.05) is 18.2 Å². The van der Waals surface area contributed by atoms with E-state index in [2.05, 4.69) is 15.2 Å². The molecule has 0 radical (unpaired) electrons. The molecule has 0 unspecified atom stereocenters. The molecule has 1 aliphatic heterocycles. The summed E-state index contributed by atoms with van der Waals surface area (Å²) in [5.41, 5.74) is -1.23. The van der Waals surface area contributed by atoms with Crippen LogP contribution >= 0.6 is 0 Å². The molecule has 1 fully saturated rings. The fraction of sp³-hybridized carbons (Fsp3) is 0.368. The van der Waals surface area contributed by atoms with E-state index in [0.29, 0.717) is 6.54 Å². The summed E-state index contributed by atoms with van der Waals surface area (Å²) >= 11 is 0. The smallest absolute Gasteiger partial charge is 0.357 e. The largest absolute Gasteiger partial charge is 0.417 e. The number of benzene rings is 1. The zero-order valence-corrected chi connectivity index (χ0v) is 14.2. The Morgan fingerprint density at radius 2 is 1.81 bits per heavy atom. The van der Waals surface area contributed by atoms with Crippen molar-refractivity contribution in [2.75, 3.05) is 24.5 Å². The van der Waals surface area contributed by atoms with Crippen LogP contribution in [0.3, 0.4) is 0 Å². The van der Waals surface area contributed by atoms with Crippen LogP contribution in [0.25, 0.3) is 0 Å². The lowest BCUT2D eigenvalue weighted by atomic mass is 9.96. The molecule has 0 spiro atoms. The number of aromatic nitrogens is 1. The van der Waals surface area contributed by atoms with Gasteiger partial charge in [-0.25, -0.2) is 4.98 Å². The van der Waals surface area contributed by atoms with E-state index in [0.717, 1.165) is 37.8 Å². The molecule has 7 heteroatoms. The van der Waals surface area contributed by atoms with E-state index in [4.69, 9.17) is 0 Å². The number of hydrogen-bond donors (Lipinski definition) is 1. The molecule has 1 aromatic carbocycles. The summed E-state index contributed by atoms with van der Waals surface area (Å²) in [5.74, 6) is 0.496. The van der Waals surface area contributed by atoms with Gasteiger partial charge in [-0.3, -0.25) is 4.79 Å². The number of rotatable bonds is 4. The fourth-order valence-electron chi connectivity index (χ4n) is 3.17. The Balaban J connectivity index is 1.54. The fourth-order valence-corrected chi connectivity index (χ4v) is 3.17. The molecule has 1 N–H and O–H groups in total. The highest BCUT2D eigenvalue weighted by Gasteiger charge is 2.34. The van der Waals surface area contributed by atoms with Crippen molar-refractivity contribution in [2.24, 2.45) is 5.92 Å². The molecule has 26 heavy (non-hydrogen) atoms. The number of halogens is 3. The normalized spacial score (nSPS) is 15.7. The Bertz CT molecular complexity index is 741. The maximum absolute atomic E-state index is 13.0. The van der Waals surface area contributed by atoms with Gasteiger partial charge in [0.1, 0.15) is 5.82 Å². The summed E-state index contributed by atoms with van der Waals surface area (Å²) in [7, 11) is 0. The second-order valence-corrected chi connectivity index (χ2v) is 6.37. The van der Waals surface area contributed by atoms with Gasteiger partial charge in [-0.2, -0.15) is 13.2 Å². The third-order valence-corrected chi connectivity index (χ3v) is 4.62. The average molecular weight is 363 g/mol. The van der Waals surface area contributed by atoms with Crippen LogP contribution in [-0.2, 0) is 6.18 Å². The Morgan fingerprint density at radius 1 is 1.12 bits per heavy atom. The predicted octanol–water partition coefficient (Wildman–Crippen LogP) is 3.75. The average Bonchev–Trinajstić information content (AvgIpc) is 2.66. The van der Waals surface area contributed by atoms with E-state index in [1.165, 1.54) is 18.2 Å². The molecule has 0 bridgehead atoms. The van der Waals surface area contributed by atoms with E-state index in [1.54, 1.807) is 6.20 Å². The molecule has 0 aliphatic carbocycles. The first-order valence-electron chi connectivity index (χ1n) is 8.55. The minimum atomic E-state index is -4.54. The van der Waals surface area contributed by atoms with Crippen molar-refractivity contribution in [2.45, 2.75) is 19.0 Å². The summed E-state index contributed by atoms with van der Waals surface area (Å²) in [6.45, 7) is 2.01. The second kappa shape index (κ2) is 7.76. The Labute approximate surface area is 150 Å². The maximum atomic E-state index is 13.0. The Kier molecular flexibility index (Phi) is 5.44. The number of carbonyl (C=O) groups is 1. The molecule has 1 aromatic heterocycles. The van der Waals surface area contributed by atoms with Crippen molar-refractivity contribution in [1.29, 1.82) is 0 Å². The first-order valence-corrected chi connectivity index (χ1v) is 8.55. The molecule has 3 rings (SSSR count). The number of carbonyl (C=O) groups excluding carboxylic acids is 1. The zero-order chi connectivity index (χ0) is 18.6. The van der Waals surface area contributed by atoms with Gasteiger partial charge >= 0.3 is 6.18 Å². The number of piperidine rings is 1. The highest BCUT2D eigenvalue weighted by molar-refractivity contribution is 5.95. The van der Waals surface area contributed by atoms with E-state index in [-0.39, 0.29) is 11.5 Å². The Morgan fingerprint density at radius 3 is 2.46 bits per heavy atom. The van der Waals surface area contributed by atoms with Crippen LogP contribution in [0.4, 0.5) is 19.0 Å². The lowest BCUT2D eigenvalue weighted by Gasteiger charge is -2.32. The third kappa shape index (κ3) is 4.33. The first-order chi connectivity index (χ1) is 12.4. The van der Waals surface area contributed by atoms with E-state index >= 15 is 0 Å². The SMILES string of the molecule is O=C(NCC1CCN(c2ccccn2)CC1)c1ccccc1C(F)(F)F. The highest BCUT2D eigenvalue weighted by Crippen LogP contribution is 2.31. The van der Waals surface area contributed by atoms with Crippen LogP contribution in [0.1, 0.15) is 28.8 Å². The van der Waals surface area contributed by atoms with Crippen molar-refractivity contribution in [1.82, 2.24) is 10.3 Å². The summed E-state index contributed by atoms with van der Waals surface area (Å²) in [5, 5.41) is 2.66. The Hall–Kier alpha value is -2.57. The number of hydrogen-bond acceptors (Lipinski definition) is 3. The van der Waals surface area contributed by atoms with Gasteiger partial charge < -0.3 is 10.2 Å². The monoisotopic (exact) mass is 363 g/mol. The lowest BCUT2D eigenvalue weighted by molar-refractivity contribution is -0.137. The highest BCUT2D eigenvalue weighted by atomic mass is 19.4. The molecule has 2 heterocycles. The molecule has 1 saturated heterocycles. The van der Waals surface area contributed by atoms with Crippen molar-refractivity contribution in [3.8, 4) is 0 Å². The van der Waals surface area contributed by atoms with Crippen molar-refractivity contribution in [3.63, 3.8) is 0 Å². The summed E-state index contributed by atoms with van der Waals surface area (Å²) in [6, 6.07) is 10.6. The maximum Gasteiger partial charge on any atom is 0.417 e. The van der Waals surface area contributed by atoms with Crippen LogP contribution < -0.4 is 10.2 Å². The standard InChI is InChI=1S/C19H20F3N3O/c20-19(21,22)16-6-2-1-5-15(16)18(26)24-13-14-8-11-25(12-9-14)17-7-3-4-10-23-17/h1-7,10,14H,8-9,11-13H2,(H,24,26). The second-order valence-electron chi connectivity index (χ2n) is 6.37. The number of nitrogens with one attached hydrogen (secondary N) is 1. The van der Waals surface area contributed by atoms with E-state index < -0.39 is 17.6 Å². The third-order valence-electron chi connectivity index (χ3n) is 4.62. The number of amides is 1. The van der Waals surface area contributed by atoms with Gasteiger partial charge in [0.25, 0.3) is 5.91 Å². The minimum absolute atomic E-state index is 0.247. The van der Waals surface area contributed by atoms with Crippen LogP contribution in [0.5, 0.6) is 0 Å². The topological polar surface area (TPSA) is 45.2 Å². The van der Waals surface area contributed by atoms with Gasteiger partial charge in [0.2, 0.25) is 0 Å². The van der Waals surface area contributed by atoms with Crippen LogP contribution in [-0.4, -0.2) is 30.5 Å². The van der Waals surface area contributed by atoms with Crippen LogP contribution in [0.2, 0.25) is 0 Å². The van der Waals surface area contributed by atoms with Gasteiger partial charge in [-0.1, -0.05) is 18.2 Å². The van der Waals surface area contributed by atoms with Crippen molar-refractivity contribution < 1.29 is 18.0 Å². The minimum Gasteiger partial charge on any atom is -0.357 e. The van der Waals surface area contributed by atoms with Crippen LogP contribution in [0.15, 0.2) is 48.7 Å². The summed E-state index contributed by atoms with van der Waals surface area (Å²) < 4.78 is 39.0. The molecule has 0 saturated carbocycles. The molecule has 1 aliphatic rings. The number of alkyl halides is 3. The molecule has 1 amide bonds. The number of nitrogens with zero attached hydrogens (tertiary/aromatic N) is 2. The van der Waals surface area contributed by atoms with Crippen molar-refractivity contribution in [3.05, 3.63) is 59.8 Å². The van der Waals surface area contributed by atoms with Gasteiger partial charge in [-0.05, 0) is 43.0 Å². The molecule has 4 nitrogen and oxygen atoms in total. The number of anilines is 1. The predicted molar refractivity (Wildman–Crippen MR) is 93.0 cm³/mol. The lowest BCUT2D eigenvalue weighted by Crippen LogP contribution is -2.39. The van der Waals surface area contributed by atoms with Crippen molar-refractivity contribution >= 4 is 11.7 Å². The molecule has 2 aromatic rings. The van der Waals surface area contributed by atoms with E-state index in [9.17, 15) is 18.0 Å². The first kappa shape index (κ1) is 18.2. The van der Waals surface area contributed by atoms with Crippen LogP contribution in [0, 0.1) is 5.92 Å². The quantitative estimate of drug-likeness (QED) is 0.900.